The number of ketones is 1. The summed E-state index contributed by atoms with van der Waals surface area (Å²) in [5.41, 5.74) is -1.56. The molecule has 0 aliphatic carbocycles. The van der Waals surface area contributed by atoms with Crippen LogP contribution in [0.3, 0.4) is 0 Å². The van der Waals surface area contributed by atoms with Crippen LogP contribution >= 0.6 is 0 Å². The van der Waals surface area contributed by atoms with Gasteiger partial charge in [0.25, 0.3) is 10.0 Å². The summed E-state index contributed by atoms with van der Waals surface area (Å²) in [6, 6.07) is 7.21. The first-order chi connectivity index (χ1) is 10.0. The van der Waals surface area contributed by atoms with Crippen molar-refractivity contribution in [2.24, 2.45) is 4.40 Å². The van der Waals surface area contributed by atoms with E-state index in [0.29, 0.717) is 6.26 Å². The van der Waals surface area contributed by atoms with Gasteiger partial charge in [-0.1, -0.05) is 30.3 Å². The van der Waals surface area contributed by atoms with Crippen molar-refractivity contribution in [1.82, 2.24) is 0 Å². The molecular formula is C13H12F3NO4S. The standard InChI is InChI=1S/C13H12F3NO4S/c1-21-12(17-22(2,19)20)10(13(14,15)16)8-11(18)9-6-4-3-5-7-9/h3-8H,1-2H3/b10-8+,17-12?. The van der Waals surface area contributed by atoms with E-state index in [1.54, 1.807) is 6.07 Å². The molecule has 0 aliphatic rings. The number of alkyl halides is 3. The molecule has 9 heteroatoms. The van der Waals surface area contributed by atoms with Crippen molar-refractivity contribution in [1.29, 1.82) is 0 Å². The first-order valence-electron chi connectivity index (χ1n) is 5.77. The van der Waals surface area contributed by atoms with Crippen molar-refractivity contribution in [2.75, 3.05) is 13.4 Å². The third-order valence-corrected chi connectivity index (χ3v) is 2.81. The molecule has 0 N–H and O–H groups in total. The van der Waals surface area contributed by atoms with E-state index < -0.39 is 33.5 Å². The summed E-state index contributed by atoms with van der Waals surface area (Å²) in [4.78, 5) is 11.9. The number of sulfonamides is 1. The number of halogens is 3. The van der Waals surface area contributed by atoms with Crippen LogP contribution in [0.5, 0.6) is 0 Å². The number of rotatable bonds is 4. The summed E-state index contributed by atoms with van der Waals surface area (Å²) < 4.78 is 68.4. The Hall–Kier alpha value is -2.16. The fourth-order valence-electron chi connectivity index (χ4n) is 1.43. The molecule has 0 bridgehead atoms. The van der Waals surface area contributed by atoms with Crippen molar-refractivity contribution in [2.45, 2.75) is 6.18 Å². The van der Waals surface area contributed by atoms with E-state index in [-0.39, 0.29) is 11.6 Å². The molecule has 0 spiro atoms. The number of hydrogen-bond acceptors (Lipinski definition) is 4. The summed E-state index contributed by atoms with van der Waals surface area (Å²) in [6.45, 7) is 0. The minimum absolute atomic E-state index is 0.0130. The first kappa shape index (κ1) is 17.9. The quantitative estimate of drug-likeness (QED) is 0.366. The molecule has 1 aromatic rings. The third kappa shape index (κ3) is 5.32. The lowest BCUT2D eigenvalue weighted by atomic mass is 10.1. The van der Waals surface area contributed by atoms with Crippen LogP contribution in [0.2, 0.25) is 0 Å². The maximum absolute atomic E-state index is 13.0. The number of carbonyl (C=O) groups excluding carboxylic acids is 1. The van der Waals surface area contributed by atoms with Crippen molar-refractivity contribution in [3.05, 3.63) is 47.5 Å². The molecule has 0 amide bonds. The summed E-state index contributed by atoms with van der Waals surface area (Å²) in [5, 5.41) is 0. The molecule has 0 fully saturated rings. The fourth-order valence-corrected chi connectivity index (χ4v) is 1.90. The highest BCUT2D eigenvalue weighted by Crippen LogP contribution is 2.28. The van der Waals surface area contributed by atoms with Crippen LogP contribution < -0.4 is 0 Å². The topological polar surface area (TPSA) is 72.8 Å². The van der Waals surface area contributed by atoms with Crippen LogP contribution in [0, 0.1) is 0 Å². The molecule has 0 aliphatic heterocycles. The zero-order valence-electron chi connectivity index (χ0n) is 11.6. The van der Waals surface area contributed by atoms with Gasteiger partial charge in [0, 0.05) is 11.6 Å². The van der Waals surface area contributed by atoms with E-state index >= 15 is 0 Å². The zero-order chi connectivity index (χ0) is 17.0. The molecule has 0 heterocycles. The predicted molar refractivity (Wildman–Crippen MR) is 74.2 cm³/mol. The highest BCUT2D eigenvalue weighted by atomic mass is 32.2. The average Bonchev–Trinajstić information content (AvgIpc) is 2.41. The van der Waals surface area contributed by atoms with E-state index in [0.717, 1.165) is 7.11 Å². The van der Waals surface area contributed by atoms with Gasteiger partial charge < -0.3 is 4.74 Å². The highest BCUT2D eigenvalue weighted by molar-refractivity contribution is 7.89. The molecule has 22 heavy (non-hydrogen) atoms. The van der Waals surface area contributed by atoms with Gasteiger partial charge in [-0.3, -0.25) is 4.79 Å². The minimum atomic E-state index is -5.01. The molecule has 0 aromatic heterocycles. The molecule has 1 rings (SSSR count). The molecule has 120 valence electrons. The van der Waals surface area contributed by atoms with Gasteiger partial charge in [-0.2, -0.15) is 13.2 Å². The number of allylic oxidation sites excluding steroid dienone is 1. The predicted octanol–water partition coefficient (Wildman–Crippen LogP) is 2.36. The molecule has 1 aromatic carbocycles. The Labute approximate surface area is 125 Å². The molecule has 0 saturated carbocycles. The second-order valence-corrected chi connectivity index (χ2v) is 5.77. The molecule has 0 unspecified atom stereocenters. The van der Waals surface area contributed by atoms with Gasteiger partial charge in [0.05, 0.1) is 13.4 Å². The van der Waals surface area contributed by atoms with Gasteiger partial charge in [-0.15, -0.1) is 4.40 Å². The Bertz CT molecular complexity index is 707. The SMILES string of the molecule is COC(=NS(C)(=O)=O)/C(=C\C(=O)c1ccccc1)C(F)(F)F. The number of benzene rings is 1. The Morgan fingerprint density at radius 2 is 1.77 bits per heavy atom. The van der Waals surface area contributed by atoms with Crippen molar-refractivity contribution < 1.29 is 31.1 Å². The number of hydrogen-bond donors (Lipinski definition) is 0. The summed E-state index contributed by atoms with van der Waals surface area (Å²) >= 11 is 0. The Balaban J connectivity index is 3.39. The summed E-state index contributed by atoms with van der Waals surface area (Å²) in [5.74, 6) is -2.15. The van der Waals surface area contributed by atoms with Gasteiger partial charge in [-0.05, 0) is 0 Å². The zero-order valence-corrected chi connectivity index (χ0v) is 12.4. The number of ether oxygens (including phenoxy) is 1. The molecule has 5 nitrogen and oxygen atoms in total. The number of methoxy groups -OCH3 is 1. The van der Waals surface area contributed by atoms with Crippen molar-refractivity contribution >= 4 is 21.7 Å². The third-order valence-electron chi connectivity index (χ3n) is 2.31. The number of nitrogens with zero attached hydrogens (tertiary/aromatic N) is 1. The van der Waals surface area contributed by atoms with E-state index in [9.17, 15) is 26.4 Å². The molecule has 0 radical (unpaired) electrons. The second kappa shape index (κ2) is 6.73. The number of carbonyl (C=O) groups is 1. The summed E-state index contributed by atoms with van der Waals surface area (Å²) in [6.07, 6.45) is -4.15. The van der Waals surface area contributed by atoms with Gasteiger partial charge in [0.1, 0.15) is 5.57 Å². The van der Waals surface area contributed by atoms with Crippen LogP contribution in [0.1, 0.15) is 10.4 Å². The lowest BCUT2D eigenvalue weighted by Gasteiger charge is -2.12. The largest absolute Gasteiger partial charge is 0.480 e. The van der Waals surface area contributed by atoms with Crippen LogP contribution in [-0.4, -0.2) is 39.6 Å². The highest BCUT2D eigenvalue weighted by Gasteiger charge is 2.39. The van der Waals surface area contributed by atoms with Crippen LogP contribution in [0.4, 0.5) is 13.2 Å². The van der Waals surface area contributed by atoms with Crippen LogP contribution in [-0.2, 0) is 14.8 Å². The van der Waals surface area contributed by atoms with Gasteiger partial charge in [0.2, 0.25) is 5.90 Å². The lowest BCUT2D eigenvalue weighted by Crippen LogP contribution is -2.23. The monoisotopic (exact) mass is 335 g/mol. The Morgan fingerprint density at radius 1 is 1.23 bits per heavy atom. The molecular weight excluding hydrogens is 323 g/mol. The average molecular weight is 335 g/mol. The van der Waals surface area contributed by atoms with E-state index in [1.807, 2.05) is 0 Å². The van der Waals surface area contributed by atoms with Gasteiger partial charge in [-0.25, -0.2) is 8.42 Å². The smallest absolute Gasteiger partial charge is 0.421 e. The van der Waals surface area contributed by atoms with Crippen LogP contribution in [0.25, 0.3) is 0 Å². The van der Waals surface area contributed by atoms with Crippen LogP contribution in [0.15, 0.2) is 46.4 Å². The second-order valence-electron chi connectivity index (χ2n) is 4.12. The Kier molecular flexibility index (Phi) is 5.48. The normalized spacial score (nSPS) is 13.9. The summed E-state index contributed by atoms with van der Waals surface area (Å²) in [7, 11) is -3.30. The van der Waals surface area contributed by atoms with Crippen molar-refractivity contribution in [3.63, 3.8) is 0 Å². The van der Waals surface area contributed by atoms with E-state index in [1.165, 1.54) is 24.3 Å². The molecule has 0 saturated heterocycles. The lowest BCUT2D eigenvalue weighted by molar-refractivity contribution is -0.0876. The van der Waals surface area contributed by atoms with Gasteiger partial charge in [0.15, 0.2) is 5.78 Å². The van der Waals surface area contributed by atoms with Crippen molar-refractivity contribution in [3.8, 4) is 0 Å². The minimum Gasteiger partial charge on any atom is -0.480 e. The first-order valence-corrected chi connectivity index (χ1v) is 7.62. The van der Waals surface area contributed by atoms with E-state index in [2.05, 4.69) is 9.13 Å². The van der Waals surface area contributed by atoms with Gasteiger partial charge >= 0.3 is 6.18 Å². The maximum atomic E-state index is 13.0. The van der Waals surface area contributed by atoms with E-state index in [4.69, 9.17) is 0 Å². The maximum Gasteiger partial charge on any atom is 0.421 e. The molecule has 0 atom stereocenters. The fraction of sp³-hybridized carbons (Fsp3) is 0.231. The Morgan fingerprint density at radius 3 is 2.18 bits per heavy atom.